The first-order valence-corrected chi connectivity index (χ1v) is 11.7. The fraction of sp³-hybridized carbons (Fsp3) is 0.909. The van der Waals surface area contributed by atoms with Crippen LogP contribution in [0.15, 0.2) is 4.99 Å². The molecule has 6 nitrogen and oxygen atoms in total. The lowest BCUT2D eigenvalue weighted by molar-refractivity contribution is -0.135. The molecule has 1 N–H and O–H groups in total. The molecule has 0 radical (unpaired) electrons. The van der Waals surface area contributed by atoms with Crippen molar-refractivity contribution in [3.8, 4) is 0 Å². The maximum absolute atomic E-state index is 12.7. The summed E-state index contributed by atoms with van der Waals surface area (Å²) in [5.74, 6) is 4.14. The monoisotopic (exact) mass is 517 g/mol. The first-order chi connectivity index (χ1) is 13.7. The number of nitrogens with one attached hydrogen (secondary N) is 1. The SMILES string of the molecule is CCNC(=NCC(C1CC1)C1CC1)N1CCN(C(C)C(=O)N2CCCC2)CC1.I. The molecule has 166 valence electrons. The fourth-order valence-corrected chi connectivity index (χ4v) is 5.03. The Morgan fingerprint density at radius 2 is 1.55 bits per heavy atom. The molecule has 2 heterocycles. The summed E-state index contributed by atoms with van der Waals surface area (Å²) < 4.78 is 0. The van der Waals surface area contributed by atoms with Gasteiger partial charge in [0.15, 0.2) is 5.96 Å². The van der Waals surface area contributed by atoms with Gasteiger partial charge in [-0.25, -0.2) is 0 Å². The van der Waals surface area contributed by atoms with E-state index in [2.05, 4.69) is 33.9 Å². The highest BCUT2D eigenvalue weighted by Crippen LogP contribution is 2.49. The zero-order valence-electron chi connectivity index (χ0n) is 18.3. The van der Waals surface area contributed by atoms with Gasteiger partial charge in [0, 0.05) is 52.4 Å². The van der Waals surface area contributed by atoms with Crippen LogP contribution in [0.2, 0.25) is 0 Å². The molecule has 1 amide bonds. The number of piperazine rings is 1. The number of likely N-dealkylation sites (tertiary alicyclic amines) is 1. The van der Waals surface area contributed by atoms with E-state index in [1.165, 1.54) is 25.7 Å². The second kappa shape index (κ2) is 10.6. The summed E-state index contributed by atoms with van der Waals surface area (Å²) in [5, 5.41) is 3.52. The summed E-state index contributed by atoms with van der Waals surface area (Å²) in [5.41, 5.74) is 0. The lowest BCUT2D eigenvalue weighted by Gasteiger charge is -2.39. The van der Waals surface area contributed by atoms with E-state index in [1.807, 2.05) is 0 Å². The Bertz CT molecular complexity index is 552. The van der Waals surface area contributed by atoms with E-state index in [9.17, 15) is 4.79 Å². The number of carbonyl (C=O) groups excluding carboxylic acids is 1. The predicted molar refractivity (Wildman–Crippen MR) is 129 cm³/mol. The number of nitrogens with zero attached hydrogens (tertiary/aromatic N) is 4. The summed E-state index contributed by atoms with van der Waals surface area (Å²) in [7, 11) is 0. The van der Waals surface area contributed by atoms with E-state index in [1.54, 1.807) is 0 Å². The van der Waals surface area contributed by atoms with Gasteiger partial charge in [0.05, 0.1) is 6.04 Å². The van der Waals surface area contributed by atoms with Gasteiger partial charge in [0.25, 0.3) is 0 Å². The Morgan fingerprint density at radius 1 is 0.966 bits per heavy atom. The Balaban J connectivity index is 0.00000240. The number of amides is 1. The van der Waals surface area contributed by atoms with E-state index in [-0.39, 0.29) is 30.0 Å². The summed E-state index contributed by atoms with van der Waals surface area (Å²) in [4.78, 5) is 24.6. The zero-order valence-corrected chi connectivity index (χ0v) is 20.6. The normalized spacial score (nSPS) is 24.6. The maximum Gasteiger partial charge on any atom is 0.239 e. The second-order valence-electron chi connectivity index (χ2n) is 9.26. The van der Waals surface area contributed by atoms with Gasteiger partial charge in [-0.1, -0.05) is 0 Å². The second-order valence-corrected chi connectivity index (χ2v) is 9.26. The quantitative estimate of drug-likeness (QED) is 0.321. The lowest BCUT2D eigenvalue weighted by atomic mass is 9.98. The van der Waals surface area contributed by atoms with Gasteiger partial charge in [-0.3, -0.25) is 14.7 Å². The van der Waals surface area contributed by atoms with E-state index < -0.39 is 0 Å². The molecule has 7 heteroatoms. The van der Waals surface area contributed by atoms with Crippen LogP contribution >= 0.6 is 24.0 Å². The Morgan fingerprint density at radius 3 is 2.07 bits per heavy atom. The van der Waals surface area contributed by atoms with Crippen molar-refractivity contribution in [2.24, 2.45) is 22.7 Å². The molecule has 2 aliphatic heterocycles. The van der Waals surface area contributed by atoms with Crippen molar-refractivity contribution >= 4 is 35.8 Å². The third-order valence-corrected chi connectivity index (χ3v) is 7.18. The summed E-state index contributed by atoms with van der Waals surface area (Å²) in [6, 6.07) is 0.00823. The molecular formula is C22H40IN5O. The average molecular weight is 518 g/mol. The largest absolute Gasteiger partial charge is 0.357 e. The summed E-state index contributed by atoms with van der Waals surface area (Å²) >= 11 is 0. The number of hydrogen-bond acceptors (Lipinski definition) is 3. The molecule has 1 unspecified atom stereocenters. The third kappa shape index (κ3) is 5.99. The molecule has 2 saturated heterocycles. The molecule has 2 saturated carbocycles. The zero-order chi connectivity index (χ0) is 19.5. The number of halogens is 1. The van der Waals surface area contributed by atoms with E-state index >= 15 is 0 Å². The number of guanidine groups is 1. The molecule has 0 bridgehead atoms. The minimum atomic E-state index is 0. The van der Waals surface area contributed by atoms with Crippen molar-refractivity contribution in [3.63, 3.8) is 0 Å². The highest BCUT2D eigenvalue weighted by Gasteiger charge is 2.41. The van der Waals surface area contributed by atoms with Gasteiger partial charge in [0.2, 0.25) is 5.91 Å². The van der Waals surface area contributed by atoms with Crippen molar-refractivity contribution < 1.29 is 4.79 Å². The van der Waals surface area contributed by atoms with E-state index in [4.69, 9.17) is 4.99 Å². The van der Waals surface area contributed by atoms with Gasteiger partial charge >= 0.3 is 0 Å². The van der Waals surface area contributed by atoms with Crippen LogP contribution < -0.4 is 5.32 Å². The molecule has 0 aromatic heterocycles. The van der Waals surface area contributed by atoms with Crippen molar-refractivity contribution in [1.29, 1.82) is 0 Å². The van der Waals surface area contributed by atoms with Crippen molar-refractivity contribution in [3.05, 3.63) is 0 Å². The standard InChI is InChI=1S/C22H39N5O.HI/c1-3-23-22(24-16-20(18-6-7-18)19-8-9-19)27-14-12-25(13-15-27)17(2)21(28)26-10-4-5-11-26;/h17-20H,3-16H2,1-2H3,(H,23,24);1H. The van der Waals surface area contributed by atoms with Crippen molar-refractivity contribution in [2.45, 2.75) is 58.4 Å². The molecule has 0 aromatic carbocycles. The molecule has 4 fully saturated rings. The van der Waals surface area contributed by atoms with Crippen LogP contribution in [0.25, 0.3) is 0 Å². The van der Waals surface area contributed by atoms with Crippen LogP contribution in [0.1, 0.15) is 52.4 Å². The lowest BCUT2D eigenvalue weighted by Crippen LogP contribution is -2.57. The molecule has 29 heavy (non-hydrogen) atoms. The molecule has 0 aromatic rings. The summed E-state index contributed by atoms with van der Waals surface area (Å²) in [6.45, 7) is 11.9. The van der Waals surface area contributed by atoms with Crippen LogP contribution in [-0.4, -0.2) is 85.0 Å². The molecular weight excluding hydrogens is 477 g/mol. The van der Waals surface area contributed by atoms with Crippen LogP contribution in [0.4, 0.5) is 0 Å². The molecule has 2 aliphatic carbocycles. The minimum absolute atomic E-state index is 0. The summed E-state index contributed by atoms with van der Waals surface area (Å²) in [6.07, 6.45) is 8.03. The molecule has 4 rings (SSSR count). The molecule has 0 spiro atoms. The topological polar surface area (TPSA) is 51.2 Å². The van der Waals surface area contributed by atoms with E-state index in [0.717, 1.165) is 88.9 Å². The van der Waals surface area contributed by atoms with Crippen molar-refractivity contribution in [2.75, 3.05) is 52.4 Å². The Labute approximate surface area is 193 Å². The van der Waals surface area contributed by atoms with Crippen LogP contribution in [0, 0.1) is 17.8 Å². The number of hydrogen-bond donors (Lipinski definition) is 1. The number of carbonyl (C=O) groups is 1. The number of rotatable bonds is 7. The van der Waals surface area contributed by atoms with Crippen LogP contribution in [-0.2, 0) is 4.79 Å². The Kier molecular flexibility index (Phi) is 8.48. The minimum Gasteiger partial charge on any atom is -0.357 e. The van der Waals surface area contributed by atoms with Gasteiger partial charge in [-0.2, -0.15) is 0 Å². The third-order valence-electron chi connectivity index (χ3n) is 7.18. The van der Waals surface area contributed by atoms with Crippen molar-refractivity contribution in [1.82, 2.24) is 20.0 Å². The highest BCUT2D eigenvalue weighted by molar-refractivity contribution is 14.0. The van der Waals surface area contributed by atoms with E-state index in [0.29, 0.717) is 5.91 Å². The average Bonchev–Trinajstić information content (AvgIpc) is 3.66. The predicted octanol–water partition coefficient (Wildman–Crippen LogP) is 2.63. The smallest absolute Gasteiger partial charge is 0.239 e. The van der Waals surface area contributed by atoms with Gasteiger partial charge in [0.1, 0.15) is 0 Å². The fourth-order valence-electron chi connectivity index (χ4n) is 5.03. The highest BCUT2D eigenvalue weighted by atomic mass is 127. The Hall–Kier alpha value is -0.570. The van der Waals surface area contributed by atoms with Gasteiger partial charge in [-0.05, 0) is 70.1 Å². The molecule has 1 atom stereocenters. The molecule has 4 aliphatic rings. The first kappa shape index (κ1) is 23.1. The van der Waals surface area contributed by atoms with Gasteiger partial charge in [-0.15, -0.1) is 24.0 Å². The van der Waals surface area contributed by atoms with Crippen LogP contribution in [0.3, 0.4) is 0 Å². The number of aliphatic imine (C=N–C) groups is 1. The van der Waals surface area contributed by atoms with Crippen LogP contribution in [0.5, 0.6) is 0 Å². The van der Waals surface area contributed by atoms with Gasteiger partial charge < -0.3 is 15.1 Å². The first-order valence-electron chi connectivity index (χ1n) is 11.7. The maximum atomic E-state index is 12.7.